The molecule has 0 bridgehead atoms. The third kappa shape index (κ3) is 2.55. The van der Waals surface area contributed by atoms with Crippen LogP contribution in [0.4, 0.5) is 4.39 Å². The molecular weight excluding hydrogens is 357 g/mol. The summed E-state index contributed by atoms with van der Waals surface area (Å²) in [6.07, 6.45) is 2.07. The molecule has 0 amide bonds. The van der Waals surface area contributed by atoms with Crippen molar-refractivity contribution in [3.63, 3.8) is 0 Å². The fourth-order valence-corrected chi connectivity index (χ4v) is 3.47. The Balaban J connectivity index is 2.04. The van der Waals surface area contributed by atoms with E-state index in [4.69, 9.17) is 4.74 Å². The van der Waals surface area contributed by atoms with Crippen molar-refractivity contribution < 1.29 is 9.13 Å². The van der Waals surface area contributed by atoms with Crippen LogP contribution in [0.2, 0.25) is 0 Å². The molecule has 2 nitrogen and oxygen atoms in total. The van der Waals surface area contributed by atoms with Gasteiger partial charge < -0.3 is 4.74 Å². The summed E-state index contributed by atoms with van der Waals surface area (Å²) in [5, 5.41) is 9.71. The van der Waals surface area contributed by atoms with Crippen molar-refractivity contribution in [2.24, 2.45) is 5.92 Å². The van der Waals surface area contributed by atoms with Gasteiger partial charge in [0.2, 0.25) is 0 Å². The number of hydrogen-bond acceptors (Lipinski definition) is 2. The molecule has 1 fully saturated rings. The van der Waals surface area contributed by atoms with Crippen LogP contribution in [-0.4, -0.2) is 0 Å². The molecule has 4 heteroatoms. The molecule has 23 heavy (non-hydrogen) atoms. The van der Waals surface area contributed by atoms with Crippen LogP contribution in [0, 0.1) is 23.1 Å². The van der Waals surface area contributed by atoms with Crippen LogP contribution in [0.3, 0.4) is 0 Å². The van der Waals surface area contributed by atoms with Gasteiger partial charge in [-0.15, -0.1) is 0 Å². The lowest BCUT2D eigenvalue weighted by Crippen LogP contribution is -1.97. The van der Waals surface area contributed by atoms with E-state index >= 15 is 0 Å². The van der Waals surface area contributed by atoms with E-state index in [-0.39, 0.29) is 5.82 Å². The number of ether oxygens (including phenoxy) is 1. The second-order valence-electron chi connectivity index (χ2n) is 5.91. The first-order valence-corrected chi connectivity index (χ1v) is 8.32. The number of fused-ring (bicyclic) bond motifs is 2. The molecule has 1 aliphatic carbocycles. The minimum atomic E-state index is -0.333. The lowest BCUT2D eigenvalue weighted by atomic mass is 9.89. The van der Waals surface area contributed by atoms with Crippen molar-refractivity contribution in [2.45, 2.75) is 19.4 Å². The van der Waals surface area contributed by atoms with Crippen LogP contribution in [0.15, 0.2) is 46.4 Å². The lowest BCUT2D eigenvalue weighted by molar-refractivity contribution is 0.305. The van der Waals surface area contributed by atoms with Crippen LogP contribution in [-0.2, 0) is 6.61 Å². The van der Waals surface area contributed by atoms with Gasteiger partial charge in [0.05, 0.1) is 6.07 Å². The SMILES string of the molecule is N#C/C(=C1/c2ccc(Br)cc2COc2cc(F)ccc21)C1CC1. The topological polar surface area (TPSA) is 33.0 Å². The van der Waals surface area contributed by atoms with Crippen molar-refractivity contribution in [1.29, 1.82) is 5.26 Å². The first-order chi connectivity index (χ1) is 11.2. The summed E-state index contributed by atoms with van der Waals surface area (Å²) < 4.78 is 20.4. The lowest BCUT2D eigenvalue weighted by Gasteiger charge is -2.13. The Bertz CT molecular complexity index is 822. The van der Waals surface area contributed by atoms with Gasteiger partial charge in [-0.1, -0.05) is 22.0 Å². The van der Waals surface area contributed by atoms with Gasteiger partial charge in [0.25, 0.3) is 0 Å². The van der Waals surface area contributed by atoms with Crippen LogP contribution < -0.4 is 4.74 Å². The maximum Gasteiger partial charge on any atom is 0.130 e. The highest BCUT2D eigenvalue weighted by Gasteiger charge is 2.32. The van der Waals surface area contributed by atoms with Gasteiger partial charge in [-0.05, 0) is 54.2 Å². The van der Waals surface area contributed by atoms with Crippen molar-refractivity contribution in [2.75, 3.05) is 0 Å². The normalized spacial score (nSPS) is 18.1. The van der Waals surface area contributed by atoms with Crippen molar-refractivity contribution in [1.82, 2.24) is 0 Å². The van der Waals surface area contributed by atoms with E-state index < -0.39 is 0 Å². The molecule has 0 spiro atoms. The zero-order valence-corrected chi connectivity index (χ0v) is 13.9. The average molecular weight is 370 g/mol. The van der Waals surface area contributed by atoms with Gasteiger partial charge in [0.1, 0.15) is 18.2 Å². The Hall–Kier alpha value is -2.12. The van der Waals surface area contributed by atoms with Crippen LogP contribution in [0.5, 0.6) is 5.75 Å². The molecule has 0 aromatic heterocycles. The number of nitriles is 1. The number of hydrogen-bond donors (Lipinski definition) is 0. The highest BCUT2D eigenvalue weighted by atomic mass is 79.9. The third-order valence-electron chi connectivity index (χ3n) is 4.31. The first-order valence-electron chi connectivity index (χ1n) is 7.53. The molecule has 0 atom stereocenters. The van der Waals surface area contributed by atoms with E-state index in [0.29, 0.717) is 18.3 Å². The molecule has 0 saturated heterocycles. The Labute approximate surface area is 142 Å². The zero-order chi connectivity index (χ0) is 16.0. The number of nitrogens with zero attached hydrogens (tertiary/aromatic N) is 1. The van der Waals surface area contributed by atoms with E-state index in [1.54, 1.807) is 6.07 Å². The first kappa shape index (κ1) is 14.5. The van der Waals surface area contributed by atoms with E-state index in [9.17, 15) is 9.65 Å². The molecular formula is C19H13BrFNO. The van der Waals surface area contributed by atoms with Crippen LogP contribution in [0.25, 0.3) is 5.57 Å². The van der Waals surface area contributed by atoms with Crippen molar-refractivity contribution >= 4 is 21.5 Å². The van der Waals surface area contributed by atoms with E-state index in [1.807, 2.05) is 18.2 Å². The number of rotatable bonds is 1. The molecule has 1 aliphatic heterocycles. The maximum absolute atomic E-state index is 13.6. The van der Waals surface area contributed by atoms with E-state index in [1.165, 1.54) is 12.1 Å². The van der Waals surface area contributed by atoms with Gasteiger partial charge in [0.15, 0.2) is 0 Å². The fraction of sp³-hybridized carbons (Fsp3) is 0.211. The summed E-state index contributed by atoms with van der Waals surface area (Å²) in [6, 6.07) is 12.9. The van der Waals surface area contributed by atoms with Crippen molar-refractivity contribution in [3.05, 3.63) is 69.0 Å². The molecule has 2 aromatic carbocycles. The molecule has 0 unspecified atom stereocenters. The monoisotopic (exact) mass is 369 g/mol. The Kier molecular flexibility index (Phi) is 3.46. The average Bonchev–Trinajstić information content (AvgIpc) is 3.37. The molecule has 4 rings (SSSR count). The highest BCUT2D eigenvalue weighted by molar-refractivity contribution is 9.10. The minimum absolute atomic E-state index is 0.308. The summed E-state index contributed by atoms with van der Waals surface area (Å²) in [7, 11) is 0. The highest BCUT2D eigenvalue weighted by Crippen LogP contribution is 2.46. The summed E-state index contributed by atoms with van der Waals surface area (Å²) in [6.45, 7) is 0.359. The Morgan fingerprint density at radius 3 is 2.70 bits per heavy atom. The second kappa shape index (κ2) is 5.50. The molecule has 0 N–H and O–H groups in total. The smallest absolute Gasteiger partial charge is 0.130 e. The number of allylic oxidation sites excluding steroid dienone is 1. The Morgan fingerprint density at radius 1 is 1.17 bits per heavy atom. The van der Waals surface area contributed by atoms with Gasteiger partial charge >= 0.3 is 0 Å². The summed E-state index contributed by atoms with van der Waals surface area (Å²) in [4.78, 5) is 0. The minimum Gasteiger partial charge on any atom is -0.488 e. The van der Waals surface area contributed by atoms with E-state index in [2.05, 4.69) is 22.0 Å². The summed E-state index contributed by atoms with van der Waals surface area (Å²) in [5.74, 6) is 0.475. The molecule has 1 heterocycles. The van der Waals surface area contributed by atoms with Gasteiger partial charge in [-0.2, -0.15) is 5.26 Å². The second-order valence-corrected chi connectivity index (χ2v) is 6.82. The summed E-state index contributed by atoms with van der Waals surface area (Å²) >= 11 is 3.48. The Morgan fingerprint density at radius 2 is 1.96 bits per heavy atom. The maximum atomic E-state index is 13.6. The predicted octanol–water partition coefficient (Wildman–Crippen LogP) is 5.22. The van der Waals surface area contributed by atoms with E-state index in [0.717, 1.165) is 45.2 Å². The quantitative estimate of drug-likeness (QED) is 0.645. The number of benzene rings is 2. The van der Waals surface area contributed by atoms with Gasteiger partial charge in [-0.3, -0.25) is 0 Å². The molecule has 1 saturated carbocycles. The largest absolute Gasteiger partial charge is 0.488 e. The summed E-state index contributed by atoms with van der Waals surface area (Å²) in [5.41, 5.74) is 4.48. The van der Waals surface area contributed by atoms with Crippen molar-refractivity contribution in [3.8, 4) is 11.8 Å². The van der Waals surface area contributed by atoms with Crippen LogP contribution in [0.1, 0.15) is 29.5 Å². The molecule has 0 radical (unpaired) electrons. The zero-order valence-electron chi connectivity index (χ0n) is 12.3. The number of halogens is 2. The molecule has 2 aromatic rings. The van der Waals surface area contributed by atoms with Gasteiger partial charge in [-0.25, -0.2) is 4.39 Å². The standard InChI is InChI=1S/C19H13BrFNO/c20-13-3-5-15-12(7-13)10-23-18-8-14(21)4-6-16(18)19(15)17(9-22)11-1-2-11/h3-8,11H,1-2,10H2/b19-17+. The molecule has 2 aliphatic rings. The van der Waals surface area contributed by atoms with Gasteiger partial charge in [0, 0.05) is 27.2 Å². The molecule has 114 valence electrons. The fourth-order valence-electron chi connectivity index (χ4n) is 3.06. The third-order valence-corrected chi connectivity index (χ3v) is 4.80. The van der Waals surface area contributed by atoms with Crippen LogP contribution >= 0.6 is 15.9 Å². The predicted molar refractivity (Wildman–Crippen MR) is 89.2 cm³/mol.